The molecule has 5 atom stereocenters. The van der Waals surface area contributed by atoms with Gasteiger partial charge in [-0.15, -0.1) is 11.8 Å². The Balaban J connectivity index is 1.36. The average Bonchev–Trinajstić information content (AvgIpc) is 3.49. The first-order valence-corrected chi connectivity index (χ1v) is 13.6. The lowest BCUT2D eigenvalue weighted by Gasteiger charge is -2.40. The largest absolute Gasteiger partial charge is 0.325 e. The Morgan fingerprint density at radius 2 is 1.82 bits per heavy atom. The smallest absolute Gasteiger partial charge is 0.308 e. The fourth-order valence-corrected chi connectivity index (χ4v) is 9.39. The second-order valence-electron chi connectivity index (χ2n) is 9.56. The number of hydrogen-bond acceptors (Lipinski definition) is 4. The highest BCUT2D eigenvalue weighted by atomic mass is 35.5. The average molecular weight is 497 g/mol. The quantitative estimate of drug-likeness (QED) is 0.470. The minimum atomic E-state index is -0.166. The Labute approximate surface area is 206 Å². The molecular formula is C26H25ClN2O2S2. The summed E-state index contributed by atoms with van der Waals surface area (Å²) in [5, 5.41) is 5.18. The van der Waals surface area contributed by atoms with E-state index in [1.54, 1.807) is 4.57 Å². The van der Waals surface area contributed by atoms with E-state index >= 15 is 0 Å². The first kappa shape index (κ1) is 21.5. The number of aryl methyl sites for hydroxylation is 1. The summed E-state index contributed by atoms with van der Waals surface area (Å²) in [5.74, 6) is 2.02. The molecule has 3 aliphatic rings. The zero-order valence-corrected chi connectivity index (χ0v) is 20.7. The minimum absolute atomic E-state index is 0.0437. The van der Waals surface area contributed by atoms with Crippen molar-refractivity contribution < 1.29 is 4.79 Å². The van der Waals surface area contributed by atoms with Crippen LogP contribution in [0.3, 0.4) is 0 Å². The molecular weight excluding hydrogens is 472 g/mol. The van der Waals surface area contributed by atoms with Crippen LogP contribution in [-0.4, -0.2) is 15.7 Å². The molecule has 2 saturated carbocycles. The number of nitrogens with one attached hydrogen (secondary N) is 1. The molecule has 0 spiro atoms. The third kappa shape index (κ3) is 3.76. The molecule has 1 aliphatic heterocycles. The van der Waals surface area contributed by atoms with Crippen molar-refractivity contribution in [1.82, 2.24) is 4.57 Å². The highest BCUT2D eigenvalue weighted by Crippen LogP contribution is 2.64. The molecule has 1 aromatic heterocycles. The van der Waals surface area contributed by atoms with Gasteiger partial charge in [-0.3, -0.25) is 14.2 Å². The van der Waals surface area contributed by atoms with Gasteiger partial charge in [-0.2, -0.15) is 0 Å². The molecule has 1 N–H and O–H groups in total. The van der Waals surface area contributed by atoms with Crippen molar-refractivity contribution in [1.29, 1.82) is 0 Å². The Kier molecular flexibility index (Phi) is 5.43. The highest BCUT2D eigenvalue weighted by Gasteiger charge is 2.55. The summed E-state index contributed by atoms with van der Waals surface area (Å²) in [4.78, 5) is 27.1. The van der Waals surface area contributed by atoms with Crippen LogP contribution < -0.4 is 10.2 Å². The van der Waals surface area contributed by atoms with Crippen LogP contribution in [0.15, 0.2) is 58.4 Å². The molecule has 1 amide bonds. The standard InChI is InChI=1S/C26H25ClN2O2S2/c1-14-2-10-19(11-3-14)28-20(30)13-29-25-24(33-26(29)31)21(15-6-8-18(27)9-7-15)22-16-4-5-17(12-16)23(22)32-25/h2-3,6-11,16-17,21-23H,4-5,12-13H2,1H3,(H,28,30)/t16?,17?,21-,22?,23?/m0/s1. The zero-order chi connectivity index (χ0) is 22.7. The molecule has 0 saturated heterocycles. The van der Waals surface area contributed by atoms with Gasteiger partial charge in [0.1, 0.15) is 6.54 Å². The van der Waals surface area contributed by atoms with E-state index in [-0.39, 0.29) is 23.2 Å². The van der Waals surface area contributed by atoms with E-state index in [9.17, 15) is 9.59 Å². The summed E-state index contributed by atoms with van der Waals surface area (Å²) in [7, 11) is 0. The highest BCUT2D eigenvalue weighted by molar-refractivity contribution is 8.00. The van der Waals surface area contributed by atoms with Crippen LogP contribution in [0.1, 0.15) is 41.2 Å². The van der Waals surface area contributed by atoms with E-state index in [4.69, 9.17) is 11.6 Å². The number of carbonyl (C=O) groups is 1. The van der Waals surface area contributed by atoms with Crippen LogP contribution in [0.5, 0.6) is 0 Å². The first-order chi connectivity index (χ1) is 16.0. The number of thiazole rings is 1. The summed E-state index contributed by atoms with van der Waals surface area (Å²) in [6, 6.07) is 15.9. The van der Waals surface area contributed by atoms with Gasteiger partial charge in [0.05, 0.1) is 5.03 Å². The van der Waals surface area contributed by atoms with Crippen LogP contribution in [0.4, 0.5) is 5.69 Å². The fourth-order valence-electron chi connectivity index (χ4n) is 6.11. The van der Waals surface area contributed by atoms with Gasteiger partial charge in [-0.1, -0.05) is 52.8 Å². The van der Waals surface area contributed by atoms with E-state index in [1.807, 2.05) is 55.1 Å². The molecule has 7 heteroatoms. The maximum atomic E-state index is 13.1. The number of nitrogens with zero attached hydrogens (tertiary/aromatic N) is 1. The van der Waals surface area contributed by atoms with Gasteiger partial charge in [-0.05, 0) is 73.8 Å². The Morgan fingerprint density at radius 3 is 2.58 bits per heavy atom. The van der Waals surface area contributed by atoms with Crippen LogP contribution in [0.2, 0.25) is 5.02 Å². The van der Waals surface area contributed by atoms with Crippen molar-refractivity contribution in [2.45, 2.75) is 48.9 Å². The molecule has 6 rings (SSSR count). The monoisotopic (exact) mass is 496 g/mol. The molecule has 4 unspecified atom stereocenters. The number of carbonyl (C=O) groups excluding carboxylic acids is 1. The van der Waals surface area contributed by atoms with Crippen LogP contribution in [-0.2, 0) is 11.3 Å². The van der Waals surface area contributed by atoms with Gasteiger partial charge in [0.25, 0.3) is 0 Å². The zero-order valence-electron chi connectivity index (χ0n) is 18.3. The third-order valence-electron chi connectivity index (χ3n) is 7.56. The van der Waals surface area contributed by atoms with Crippen LogP contribution >= 0.6 is 34.7 Å². The summed E-state index contributed by atoms with van der Waals surface area (Å²) in [6.45, 7) is 2.06. The lowest BCUT2D eigenvalue weighted by Crippen LogP contribution is -2.34. The summed E-state index contributed by atoms with van der Waals surface area (Å²) in [5.41, 5.74) is 3.13. The lowest BCUT2D eigenvalue weighted by molar-refractivity contribution is -0.116. The first-order valence-electron chi connectivity index (χ1n) is 11.5. The predicted molar refractivity (Wildman–Crippen MR) is 136 cm³/mol. The molecule has 2 bridgehead atoms. The Hall–Kier alpha value is -2.02. The number of fused-ring (bicyclic) bond motifs is 6. The fraction of sp³-hybridized carbons (Fsp3) is 0.385. The number of hydrogen-bond donors (Lipinski definition) is 1. The topological polar surface area (TPSA) is 51.1 Å². The van der Waals surface area contributed by atoms with E-state index in [0.717, 1.165) is 32.1 Å². The Morgan fingerprint density at radius 1 is 1.09 bits per heavy atom. The van der Waals surface area contributed by atoms with Crippen molar-refractivity contribution in [3.05, 3.63) is 79.2 Å². The number of aromatic nitrogens is 1. The van der Waals surface area contributed by atoms with Crippen molar-refractivity contribution in [2.24, 2.45) is 17.8 Å². The number of halogens is 1. The van der Waals surface area contributed by atoms with Crippen molar-refractivity contribution >= 4 is 46.3 Å². The molecule has 33 heavy (non-hydrogen) atoms. The number of rotatable bonds is 4. The van der Waals surface area contributed by atoms with Crippen LogP contribution in [0, 0.1) is 24.7 Å². The second kappa shape index (κ2) is 8.33. The van der Waals surface area contributed by atoms with Gasteiger partial charge >= 0.3 is 4.87 Å². The van der Waals surface area contributed by atoms with E-state index < -0.39 is 0 Å². The van der Waals surface area contributed by atoms with Crippen molar-refractivity contribution in [3.8, 4) is 0 Å². The molecule has 2 aromatic carbocycles. The molecule has 3 aromatic rings. The van der Waals surface area contributed by atoms with Crippen LogP contribution in [0.25, 0.3) is 0 Å². The maximum Gasteiger partial charge on any atom is 0.308 e. The second-order valence-corrected chi connectivity index (χ2v) is 12.2. The molecule has 4 nitrogen and oxygen atoms in total. The summed E-state index contributed by atoms with van der Waals surface area (Å²) < 4.78 is 1.71. The van der Waals surface area contributed by atoms with Gasteiger partial charge in [0, 0.05) is 26.8 Å². The molecule has 2 heterocycles. The van der Waals surface area contributed by atoms with Gasteiger partial charge < -0.3 is 5.32 Å². The lowest BCUT2D eigenvalue weighted by atomic mass is 9.75. The molecule has 0 radical (unpaired) electrons. The number of thioether (sulfide) groups is 1. The number of amides is 1. The Bertz CT molecular complexity index is 1260. The summed E-state index contributed by atoms with van der Waals surface area (Å²) >= 11 is 9.37. The predicted octanol–water partition coefficient (Wildman–Crippen LogP) is 6.16. The van der Waals surface area contributed by atoms with Gasteiger partial charge in [0.15, 0.2) is 0 Å². The summed E-state index contributed by atoms with van der Waals surface area (Å²) in [6.07, 6.45) is 3.86. The number of anilines is 1. The molecule has 2 aliphatic carbocycles. The minimum Gasteiger partial charge on any atom is -0.325 e. The molecule has 170 valence electrons. The van der Waals surface area contributed by atoms with E-state index in [1.165, 1.54) is 36.2 Å². The SMILES string of the molecule is Cc1ccc(NC(=O)Cn2c3c(sc2=O)[C@@H](c2ccc(Cl)cc2)C2C4CCC(C4)C2S3)cc1. The maximum absolute atomic E-state index is 13.1. The van der Waals surface area contributed by atoms with Gasteiger partial charge in [0.2, 0.25) is 5.91 Å². The number of benzene rings is 2. The van der Waals surface area contributed by atoms with Crippen molar-refractivity contribution in [3.63, 3.8) is 0 Å². The molecule has 2 fully saturated rings. The van der Waals surface area contributed by atoms with Gasteiger partial charge in [-0.25, -0.2) is 0 Å². The van der Waals surface area contributed by atoms with E-state index in [0.29, 0.717) is 17.1 Å². The van der Waals surface area contributed by atoms with Crippen molar-refractivity contribution in [2.75, 3.05) is 5.32 Å². The van der Waals surface area contributed by atoms with E-state index in [2.05, 4.69) is 17.4 Å². The normalized spacial score (nSPS) is 27.3. The third-order valence-corrected chi connectivity index (χ3v) is 10.6.